The van der Waals surface area contributed by atoms with Crippen LogP contribution < -0.4 is 5.32 Å². The molecule has 0 radical (unpaired) electrons. The molecule has 5 nitrogen and oxygen atoms in total. The average molecular weight is 290 g/mol. The number of nitrogens with zero attached hydrogens (tertiary/aromatic N) is 1. The molecular formula is C15H34N2O3. The number of hydrogen-bond acceptors (Lipinski definition) is 5. The van der Waals surface area contributed by atoms with Gasteiger partial charge in [-0.15, -0.1) is 0 Å². The zero-order valence-electron chi connectivity index (χ0n) is 13.8. The molecule has 0 aliphatic carbocycles. The summed E-state index contributed by atoms with van der Waals surface area (Å²) in [5, 5.41) is 3.42. The van der Waals surface area contributed by atoms with Crippen LogP contribution in [0.3, 0.4) is 0 Å². The molecule has 5 heteroatoms. The fraction of sp³-hybridized carbons (Fsp3) is 1.00. The maximum Gasteiger partial charge on any atom is 0.0615 e. The molecule has 0 heterocycles. The Balaban J connectivity index is 3.62. The lowest BCUT2D eigenvalue weighted by atomic mass is 10.3. The second-order valence-electron chi connectivity index (χ2n) is 5.05. The monoisotopic (exact) mass is 290 g/mol. The highest BCUT2D eigenvalue weighted by molar-refractivity contribution is 4.67. The first-order valence-electron chi connectivity index (χ1n) is 7.76. The van der Waals surface area contributed by atoms with Gasteiger partial charge in [-0.3, -0.25) is 4.90 Å². The molecule has 0 rings (SSSR count). The van der Waals surface area contributed by atoms with Gasteiger partial charge in [0.1, 0.15) is 0 Å². The fourth-order valence-electron chi connectivity index (χ4n) is 1.95. The molecule has 0 amide bonds. The van der Waals surface area contributed by atoms with E-state index >= 15 is 0 Å². The lowest BCUT2D eigenvalue weighted by molar-refractivity contribution is 0.0748. The summed E-state index contributed by atoms with van der Waals surface area (Å²) in [5.41, 5.74) is 0. The molecule has 122 valence electrons. The van der Waals surface area contributed by atoms with Crippen LogP contribution in [0.15, 0.2) is 0 Å². The summed E-state index contributed by atoms with van der Waals surface area (Å²) in [4.78, 5) is 2.39. The molecule has 0 aromatic heterocycles. The van der Waals surface area contributed by atoms with E-state index in [0.29, 0.717) is 6.04 Å². The van der Waals surface area contributed by atoms with Crippen molar-refractivity contribution in [3.8, 4) is 0 Å². The van der Waals surface area contributed by atoms with Crippen molar-refractivity contribution in [1.82, 2.24) is 10.2 Å². The molecule has 0 spiro atoms. The number of methoxy groups -OCH3 is 2. The van der Waals surface area contributed by atoms with E-state index in [1.165, 1.54) is 6.42 Å². The normalized spacial score (nSPS) is 13.1. The third-order valence-corrected chi connectivity index (χ3v) is 3.26. The zero-order valence-corrected chi connectivity index (χ0v) is 13.8. The first kappa shape index (κ1) is 19.8. The van der Waals surface area contributed by atoms with Crippen LogP contribution in [-0.4, -0.2) is 77.8 Å². The quantitative estimate of drug-likeness (QED) is 0.462. The second-order valence-corrected chi connectivity index (χ2v) is 5.05. The van der Waals surface area contributed by atoms with Gasteiger partial charge in [-0.25, -0.2) is 0 Å². The van der Waals surface area contributed by atoms with Crippen molar-refractivity contribution < 1.29 is 14.2 Å². The maximum atomic E-state index is 5.52. The Labute approximate surface area is 124 Å². The van der Waals surface area contributed by atoms with Gasteiger partial charge in [-0.05, 0) is 13.3 Å². The predicted molar refractivity (Wildman–Crippen MR) is 83.4 cm³/mol. The van der Waals surface area contributed by atoms with Gasteiger partial charge in [0, 0.05) is 53.0 Å². The van der Waals surface area contributed by atoms with E-state index in [4.69, 9.17) is 14.2 Å². The van der Waals surface area contributed by atoms with Crippen molar-refractivity contribution in [3.05, 3.63) is 0 Å². The van der Waals surface area contributed by atoms with Crippen molar-refractivity contribution >= 4 is 0 Å². The minimum atomic E-state index is 0.415. The number of hydrogen-bond donors (Lipinski definition) is 1. The summed E-state index contributed by atoms with van der Waals surface area (Å²) in [5.74, 6) is 0. The molecular weight excluding hydrogens is 256 g/mol. The fourth-order valence-corrected chi connectivity index (χ4v) is 1.95. The average Bonchev–Trinajstić information content (AvgIpc) is 2.45. The first-order chi connectivity index (χ1) is 9.76. The molecule has 0 saturated carbocycles. The molecule has 0 bridgehead atoms. The number of nitrogens with one attached hydrogen (secondary N) is 1. The van der Waals surface area contributed by atoms with Gasteiger partial charge in [0.15, 0.2) is 0 Å². The molecule has 0 aliphatic rings. The van der Waals surface area contributed by atoms with Crippen LogP contribution in [0, 0.1) is 0 Å². The van der Waals surface area contributed by atoms with E-state index < -0.39 is 0 Å². The van der Waals surface area contributed by atoms with E-state index in [9.17, 15) is 0 Å². The Morgan fingerprint density at radius 1 is 1.00 bits per heavy atom. The Morgan fingerprint density at radius 2 is 1.80 bits per heavy atom. The molecule has 0 fully saturated rings. The van der Waals surface area contributed by atoms with Crippen molar-refractivity contribution in [2.45, 2.75) is 32.7 Å². The predicted octanol–water partition coefficient (Wildman–Crippen LogP) is 1.38. The summed E-state index contributed by atoms with van der Waals surface area (Å²) in [6, 6.07) is 0.415. The van der Waals surface area contributed by atoms with Crippen LogP contribution in [0.25, 0.3) is 0 Å². The summed E-state index contributed by atoms with van der Waals surface area (Å²) in [7, 11) is 3.49. The minimum Gasteiger partial charge on any atom is -0.383 e. The van der Waals surface area contributed by atoms with Crippen LogP contribution in [-0.2, 0) is 14.2 Å². The van der Waals surface area contributed by atoms with Crippen LogP contribution >= 0.6 is 0 Å². The van der Waals surface area contributed by atoms with Crippen molar-refractivity contribution in [2.24, 2.45) is 0 Å². The van der Waals surface area contributed by atoms with Crippen molar-refractivity contribution in [1.29, 1.82) is 0 Å². The Bertz CT molecular complexity index is 194. The molecule has 20 heavy (non-hydrogen) atoms. The van der Waals surface area contributed by atoms with Gasteiger partial charge in [0.25, 0.3) is 0 Å². The van der Waals surface area contributed by atoms with Crippen LogP contribution in [0.4, 0.5) is 0 Å². The Morgan fingerprint density at radius 3 is 2.45 bits per heavy atom. The second kappa shape index (κ2) is 15.2. The summed E-state index contributed by atoms with van der Waals surface area (Å²) >= 11 is 0. The van der Waals surface area contributed by atoms with Crippen LogP contribution in [0.2, 0.25) is 0 Å². The SMILES string of the molecule is CCCCOCCNCCN(CCOC)C(C)COC. The zero-order chi connectivity index (χ0) is 15.1. The summed E-state index contributed by atoms with van der Waals surface area (Å²) in [6.45, 7) is 11.4. The molecule has 0 aromatic rings. The molecule has 1 atom stereocenters. The number of unbranched alkanes of at least 4 members (excludes halogenated alkanes) is 1. The molecule has 0 aromatic carbocycles. The molecule has 0 saturated heterocycles. The Hall–Kier alpha value is -0.200. The Kier molecular flexibility index (Phi) is 15.0. The van der Waals surface area contributed by atoms with Crippen LogP contribution in [0.5, 0.6) is 0 Å². The number of ether oxygens (including phenoxy) is 3. The van der Waals surface area contributed by atoms with Gasteiger partial charge in [-0.2, -0.15) is 0 Å². The standard InChI is InChI=1S/C15H34N2O3/c1-5-6-11-20-12-8-16-7-9-17(10-13-18-3)15(2)14-19-4/h15-16H,5-14H2,1-4H3. The third kappa shape index (κ3) is 11.6. The van der Waals surface area contributed by atoms with Crippen LogP contribution in [0.1, 0.15) is 26.7 Å². The highest BCUT2D eigenvalue weighted by atomic mass is 16.5. The van der Waals surface area contributed by atoms with Gasteiger partial charge in [0.05, 0.1) is 19.8 Å². The van der Waals surface area contributed by atoms with E-state index in [2.05, 4.69) is 24.1 Å². The minimum absolute atomic E-state index is 0.415. The highest BCUT2D eigenvalue weighted by Gasteiger charge is 2.12. The van der Waals surface area contributed by atoms with Crippen molar-refractivity contribution in [2.75, 3.05) is 66.8 Å². The van der Waals surface area contributed by atoms with Gasteiger partial charge < -0.3 is 19.5 Å². The smallest absolute Gasteiger partial charge is 0.0615 e. The largest absolute Gasteiger partial charge is 0.383 e. The maximum absolute atomic E-state index is 5.52. The first-order valence-corrected chi connectivity index (χ1v) is 7.76. The van der Waals surface area contributed by atoms with Gasteiger partial charge in [0.2, 0.25) is 0 Å². The summed E-state index contributed by atoms with van der Waals surface area (Å²) in [6.07, 6.45) is 2.35. The lowest BCUT2D eigenvalue weighted by Gasteiger charge is -2.28. The lowest BCUT2D eigenvalue weighted by Crippen LogP contribution is -2.42. The number of rotatable bonds is 15. The van der Waals surface area contributed by atoms with Gasteiger partial charge in [-0.1, -0.05) is 13.3 Å². The molecule has 1 unspecified atom stereocenters. The molecule has 1 N–H and O–H groups in total. The van der Waals surface area contributed by atoms with E-state index in [0.717, 1.165) is 59.0 Å². The highest BCUT2D eigenvalue weighted by Crippen LogP contribution is 1.98. The van der Waals surface area contributed by atoms with E-state index in [1.54, 1.807) is 14.2 Å². The topological polar surface area (TPSA) is 43.0 Å². The molecule has 0 aliphatic heterocycles. The van der Waals surface area contributed by atoms with Gasteiger partial charge >= 0.3 is 0 Å². The van der Waals surface area contributed by atoms with E-state index in [1.807, 2.05) is 0 Å². The van der Waals surface area contributed by atoms with E-state index in [-0.39, 0.29) is 0 Å². The third-order valence-electron chi connectivity index (χ3n) is 3.26. The summed E-state index contributed by atoms with van der Waals surface area (Å²) < 4.78 is 15.9. The van der Waals surface area contributed by atoms with Crippen molar-refractivity contribution in [3.63, 3.8) is 0 Å².